The van der Waals surface area contributed by atoms with Crippen molar-refractivity contribution in [3.63, 3.8) is 0 Å². The normalized spacial score (nSPS) is 24.2. The van der Waals surface area contributed by atoms with E-state index in [9.17, 15) is 0 Å². The van der Waals surface area contributed by atoms with Crippen LogP contribution in [0, 0.1) is 0 Å². The van der Waals surface area contributed by atoms with Crippen LogP contribution >= 0.6 is 0 Å². The van der Waals surface area contributed by atoms with Gasteiger partial charge in [0.05, 0.1) is 11.7 Å². The van der Waals surface area contributed by atoms with Gasteiger partial charge in [-0.1, -0.05) is 6.08 Å². The first-order valence-electron chi connectivity index (χ1n) is 5.73. The van der Waals surface area contributed by atoms with E-state index < -0.39 is 0 Å². The lowest BCUT2D eigenvalue weighted by atomic mass is 9.94. The van der Waals surface area contributed by atoms with Crippen LogP contribution < -0.4 is 10.1 Å². The van der Waals surface area contributed by atoms with Crippen LogP contribution in [0.1, 0.15) is 19.3 Å². The average molecular weight is 218 g/mol. The van der Waals surface area contributed by atoms with E-state index in [0.717, 1.165) is 25.1 Å². The average Bonchev–Trinajstić information content (AvgIpc) is 2.78. The molecule has 16 heavy (non-hydrogen) atoms. The molecule has 86 valence electrons. The molecule has 1 atom stereocenters. The Hall–Kier alpha value is -1.35. The van der Waals surface area contributed by atoms with Crippen molar-refractivity contribution in [2.45, 2.75) is 24.8 Å². The lowest BCUT2D eigenvalue weighted by Gasteiger charge is -2.28. The number of pyridine rings is 1. The van der Waals surface area contributed by atoms with E-state index in [1.165, 1.54) is 6.42 Å². The highest BCUT2D eigenvalue weighted by Crippen LogP contribution is 2.24. The molecular formula is C13H18N2O. The van der Waals surface area contributed by atoms with Crippen molar-refractivity contribution in [2.24, 2.45) is 0 Å². The van der Waals surface area contributed by atoms with Gasteiger partial charge in [0, 0.05) is 6.20 Å². The zero-order chi connectivity index (χ0) is 11.3. The topological polar surface area (TPSA) is 34.1 Å². The Kier molecular flexibility index (Phi) is 3.57. The van der Waals surface area contributed by atoms with Crippen molar-refractivity contribution < 1.29 is 4.74 Å². The molecule has 0 bridgehead atoms. The summed E-state index contributed by atoms with van der Waals surface area (Å²) < 4.78 is 5.77. The minimum atomic E-state index is 0.0809. The summed E-state index contributed by atoms with van der Waals surface area (Å²) in [5.41, 5.74) is 0.0809. The summed E-state index contributed by atoms with van der Waals surface area (Å²) in [5.74, 6) is 0.833. The number of ether oxygens (including phenoxy) is 1. The van der Waals surface area contributed by atoms with Gasteiger partial charge in [-0.3, -0.25) is 4.98 Å². The van der Waals surface area contributed by atoms with Gasteiger partial charge in [0.2, 0.25) is 0 Å². The van der Waals surface area contributed by atoms with E-state index >= 15 is 0 Å². The molecule has 1 N–H and O–H groups in total. The number of hydrogen-bond donors (Lipinski definition) is 1. The summed E-state index contributed by atoms with van der Waals surface area (Å²) in [6.07, 6.45) is 8.78. The fourth-order valence-electron chi connectivity index (χ4n) is 2.16. The van der Waals surface area contributed by atoms with Gasteiger partial charge in [0.15, 0.2) is 0 Å². The molecule has 1 aromatic heterocycles. The molecule has 1 aromatic rings. The van der Waals surface area contributed by atoms with Crippen molar-refractivity contribution in [1.82, 2.24) is 10.3 Å². The summed E-state index contributed by atoms with van der Waals surface area (Å²) in [5, 5.41) is 3.52. The fraction of sp³-hybridized carbons (Fsp3) is 0.462. The molecule has 2 heterocycles. The van der Waals surface area contributed by atoms with Crippen LogP contribution in [-0.2, 0) is 0 Å². The minimum Gasteiger partial charge on any atom is -0.490 e. The molecule has 1 saturated heterocycles. The highest BCUT2D eigenvalue weighted by molar-refractivity contribution is 5.16. The predicted molar refractivity (Wildman–Crippen MR) is 64.5 cm³/mol. The summed E-state index contributed by atoms with van der Waals surface area (Å²) in [6, 6.07) is 3.82. The number of aromatic nitrogens is 1. The van der Waals surface area contributed by atoms with E-state index in [0.29, 0.717) is 6.61 Å². The molecule has 3 nitrogen and oxygen atoms in total. The van der Waals surface area contributed by atoms with Crippen LogP contribution in [0.4, 0.5) is 0 Å². The van der Waals surface area contributed by atoms with Gasteiger partial charge in [-0.05, 0) is 37.9 Å². The van der Waals surface area contributed by atoms with Crippen LogP contribution in [0.3, 0.4) is 0 Å². The van der Waals surface area contributed by atoms with Gasteiger partial charge in [0.25, 0.3) is 0 Å². The molecule has 0 aromatic carbocycles. The Morgan fingerprint density at radius 2 is 2.56 bits per heavy atom. The molecule has 0 amide bonds. The first-order chi connectivity index (χ1) is 7.85. The molecule has 3 heteroatoms. The number of hydrogen-bond acceptors (Lipinski definition) is 3. The number of rotatable bonds is 5. The van der Waals surface area contributed by atoms with E-state index in [1.54, 1.807) is 12.4 Å². The molecule has 1 fully saturated rings. The van der Waals surface area contributed by atoms with Gasteiger partial charge in [-0.25, -0.2) is 0 Å². The van der Waals surface area contributed by atoms with Crippen LogP contribution in [0.5, 0.6) is 5.75 Å². The van der Waals surface area contributed by atoms with Gasteiger partial charge in [-0.15, -0.1) is 6.58 Å². The highest BCUT2D eigenvalue weighted by Gasteiger charge is 2.32. The third kappa shape index (κ3) is 2.61. The molecular weight excluding hydrogens is 200 g/mol. The predicted octanol–water partition coefficient (Wildman–Crippen LogP) is 2.16. The van der Waals surface area contributed by atoms with Gasteiger partial charge >= 0.3 is 0 Å². The molecule has 1 aliphatic rings. The summed E-state index contributed by atoms with van der Waals surface area (Å²) in [4.78, 5) is 4.03. The number of nitrogens with one attached hydrogen (secondary N) is 1. The maximum atomic E-state index is 5.77. The van der Waals surface area contributed by atoms with E-state index in [1.807, 2.05) is 18.2 Å². The smallest absolute Gasteiger partial charge is 0.137 e. The SMILES string of the molecule is C=CC[C@]1(COc2cccnc2)CCCN1. The van der Waals surface area contributed by atoms with E-state index in [-0.39, 0.29) is 5.54 Å². The first-order valence-corrected chi connectivity index (χ1v) is 5.73. The fourth-order valence-corrected chi connectivity index (χ4v) is 2.16. The van der Waals surface area contributed by atoms with Crippen molar-refractivity contribution in [2.75, 3.05) is 13.2 Å². The Bertz CT molecular complexity index is 331. The van der Waals surface area contributed by atoms with E-state index in [2.05, 4.69) is 16.9 Å². The Labute approximate surface area is 96.5 Å². The maximum absolute atomic E-state index is 5.77. The number of nitrogens with zero attached hydrogens (tertiary/aromatic N) is 1. The quantitative estimate of drug-likeness (QED) is 0.769. The molecule has 0 aliphatic carbocycles. The summed E-state index contributed by atoms with van der Waals surface area (Å²) in [7, 11) is 0. The summed E-state index contributed by atoms with van der Waals surface area (Å²) >= 11 is 0. The van der Waals surface area contributed by atoms with Crippen molar-refractivity contribution >= 4 is 0 Å². The Morgan fingerprint density at radius 1 is 1.62 bits per heavy atom. The second kappa shape index (κ2) is 5.12. The monoisotopic (exact) mass is 218 g/mol. The second-order valence-corrected chi connectivity index (χ2v) is 4.28. The van der Waals surface area contributed by atoms with E-state index in [4.69, 9.17) is 4.74 Å². The molecule has 1 aliphatic heterocycles. The second-order valence-electron chi connectivity index (χ2n) is 4.28. The zero-order valence-corrected chi connectivity index (χ0v) is 9.48. The van der Waals surface area contributed by atoms with Crippen LogP contribution in [0.2, 0.25) is 0 Å². The van der Waals surface area contributed by atoms with Crippen LogP contribution in [0.25, 0.3) is 0 Å². The van der Waals surface area contributed by atoms with Crippen molar-refractivity contribution in [3.05, 3.63) is 37.2 Å². The Morgan fingerprint density at radius 3 is 3.19 bits per heavy atom. The van der Waals surface area contributed by atoms with Crippen molar-refractivity contribution in [3.8, 4) is 5.75 Å². The van der Waals surface area contributed by atoms with Crippen LogP contribution in [-0.4, -0.2) is 23.7 Å². The van der Waals surface area contributed by atoms with Gasteiger partial charge in [0.1, 0.15) is 12.4 Å². The molecule has 0 radical (unpaired) electrons. The minimum absolute atomic E-state index is 0.0809. The standard InChI is InChI=1S/C13H18N2O/c1-2-6-13(7-4-9-15-13)11-16-12-5-3-8-14-10-12/h2-3,5,8,10,15H,1,4,6-7,9,11H2/t13-/m1/s1. The molecule has 2 rings (SSSR count). The molecule has 0 saturated carbocycles. The van der Waals surface area contributed by atoms with Crippen molar-refractivity contribution in [1.29, 1.82) is 0 Å². The largest absolute Gasteiger partial charge is 0.490 e. The highest BCUT2D eigenvalue weighted by atomic mass is 16.5. The van der Waals surface area contributed by atoms with Crippen LogP contribution in [0.15, 0.2) is 37.2 Å². The zero-order valence-electron chi connectivity index (χ0n) is 9.48. The van der Waals surface area contributed by atoms with Gasteiger partial charge < -0.3 is 10.1 Å². The molecule has 0 spiro atoms. The lowest BCUT2D eigenvalue weighted by Crippen LogP contribution is -2.44. The third-order valence-corrected chi connectivity index (χ3v) is 3.02. The third-order valence-electron chi connectivity index (χ3n) is 3.02. The first kappa shape index (κ1) is 11.1. The lowest BCUT2D eigenvalue weighted by molar-refractivity contribution is 0.199. The maximum Gasteiger partial charge on any atom is 0.137 e. The summed E-state index contributed by atoms with van der Waals surface area (Å²) in [6.45, 7) is 5.58. The Balaban J connectivity index is 1.94. The molecule has 0 unspecified atom stereocenters. The van der Waals surface area contributed by atoms with Gasteiger partial charge in [-0.2, -0.15) is 0 Å².